The second-order valence-corrected chi connectivity index (χ2v) is 10.2. The van der Waals surface area contributed by atoms with Crippen molar-refractivity contribution in [3.8, 4) is 0 Å². The average molecular weight is 442 g/mol. The highest BCUT2D eigenvalue weighted by Crippen LogP contribution is 2.48. The van der Waals surface area contributed by atoms with Crippen LogP contribution in [0.3, 0.4) is 0 Å². The molecule has 0 bridgehead atoms. The van der Waals surface area contributed by atoms with E-state index in [9.17, 15) is 4.79 Å². The van der Waals surface area contributed by atoms with E-state index in [4.69, 9.17) is 16.0 Å². The van der Waals surface area contributed by atoms with Crippen LogP contribution in [0.15, 0.2) is 28.7 Å². The molecule has 0 spiro atoms. The van der Waals surface area contributed by atoms with Gasteiger partial charge in [0, 0.05) is 31.0 Å². The molecular weight excluding hydrogens is 410 g/mol. The molecule has 1 amide bonds. The van der Waals surface area contributed by atoms with E-state index in [1.54, 1.807) is 0 Å². The van der Waals surface area contributed by atoms with E-state index in [2.05, 4.69) is 27.2 Å². The standard InChI is InChI=1S/C25H32ClN3O2/c26-21-9-7-20(8-10-21)25(14-4-15-25)24-28-27-22(31-24)11-12-23(30)29-16-13-19(17-29)18-5-2-1-3-6-18/h7-10,18-19H,1-6,11-17H2. The van der Waals surface area contributed by atoms with Crippen molar-refractivity contribution < 1.29 is 9.21 Å². The maximum Gasteiger partial charge on any atom is 0.227 e. The lowest BCUT2D eigenvalue weighted by Gasteiger charge is -2.39. The lowest BCUT2D eigenvalue weighted by atomic mass is 9.64. The van der Waals surface area contributed by atoms with Gasteiger partial charge < -0.3 is 9.32 Å². The van der Waals surface area contributed by atoms with E-state index >= 15 is 0 Å². The highest BCUT2D eigenvalue weighted by Gasteiger charge is 2.45. The Hall–Kier alpha value is -1.88. The third-order valence-corrected chi connectivity index (χ3v) is 8.18. The number of hydrogen-bond acceptors (Lipinski definition) is 4. The first-order valence-electron chi connectivity index (χ1n) is 12.0. The third kappa shape index (κ3) is 4.26. The van der Waals surface area contributed by atoms with Crippen LogP contribution in [0, 0.1) is 11.8 Å². The molecule has 1 atom stereocenters. The predicted octanol–water partition coefficient (Wildman–Crippen LogP) is 5.55. The molecular formula is C25H32ClN3O2. The highest BCUT2D eigenvalue weighted by atomic mass is 35.5. The maximum absolute atomic E-state index is 12.8. The van der Waals surface area contributed by atoms with Gasteiger partial charge in [0.1, 0.15) is 0 Å². The van der Waals surface area contributed by atoms with Crippen LogP contribution in [0.1, 0.15) is 81.6 Å². The fraction of sp³-hybridized carbons (Fsp3) is 0.640. The fourth-order valence-electron chi connectivity index (χ4n) is 5.85. The predicted molar refractivity (Wildman–Crippen MR) is 120 cm³/mol. The molecule has 1 aliphatic heterocycles. The second-order valence-electron chi connectivity index (χ2n) is 9.73. The molecule has 5 rings (SSSR count). The Morgan fingerprint density at radius 2 is 1.81 bits per heavy atom. The lowest BCUT2D eigenvalue weighted by Crippen LogP contribution is -2.35. The number of rotatable bonds is 6. The first-order chi connectivity index (χ1) is 15.1. The molecule has 5 nitrogen and oxygen atoms in total. The van der Waals surface area contributed by atoms with Crippen LogP contribution < -0.4 is 0 Å². The lowest BCUT2D eigenvalue weighted by molar-refractivity contribution is -0.130. The van der Waals surface area contributed by atoms with Gasteiger partial charge in [0.15, 0.2) is 0 Å². The zero-order valence-electron chi connectivity index (χ0n) is 18.2. The zero-order chi connectivity index (χ0) is 21.3. The first kappa shape index (κ1) is 21.0. The molecule has 2 aliphatic carbocycles. The van der Waals surface area contributed by atoms with Gasteiger partial charge in [-0.15, -0.1) is 10.2 Å². The van der Waals surface area contributed by atoms with Crippen molar-refractivity contribution in [1.82, 2.24) is 15.1 Å². The molecule has 6 heteroatoms. The topological polar surface area (TPSA) is 59.2 Å². The summed E-state index contributed by atoms with van der Waals surface area (Å²) in [5.41, 5.74) is 0.988. The van der Waals surface area contributed by atoms with Crippen LogP contribution in [-0.2, 0) is 16.6 Å². The zero-order valence-corrected chi connectivity index (χ0v) is 18.9. The molecule has 2 heterocycles. The quantitative estimate of drug-likeness (QED) is 0.589. The monoisotopic (exact) mass is 441 g/mol. The Labute approximate surface area is 189 Å². The van der Waals surface area contributed by atoms with E-state index in [-0.39, 0.29) is 11.3 Å². The number of amides is 1. The summed E-state index contributed by atoms with van der Waals surface area (Å²) >= 11 is 6.06. The van der Waals surface area contributed by atoms with Crippen molar-refractivity contribution >= 4 is 17.5 Å². The van der Waals surface area contributed by atoms with E-state index in [1.165, 1.54) is 44.1 Å². The van der Waals surface area contributed by atoms with E-state index in [0.717, 1.165) is 43.3 Å². The molecule has 0 radical (unpaired) electrons. The van der Waals surface area contributed by atoms with Crippen molar-refractivity contribution in [3.05, 3.63) is 46.6 Å². The molecule has 1 saturated heterocycles. The molecule has 31 heavy (non-hydrogen) atoms. The molecule has 3 fully saturated rings. The van der Waals surface area contributed by atoms with E-state index in [1.807, 2.05) is 12.1 Å². The van der Waals surface area contributed by atoms with Crippen molar-refractivity contribution in [2.24, 2.45) is 11.8 Å². The highest BCUT2D eigenvalue weighted by molar-refractivity contribution is 6.30. The minimum Gasteiger partial charge on any atom is -0.424 e. The largest absolute Gasteiger partial charge is 0.424 e. The molecule has 1 aromatic heterocycles. The maximum atomic E-state index is 12.8. The number of nitrogens with zero attached hydrogens (tertiary/aromatic N) is 3. The number of halogens is 1. The summed E-state index contributed by atoms with van der Waals surface area (Å²) in [7, 11) is 0. The minimum absolute atomic E-state index is 0.192. The van der Waals surface area contributed by atoms with Crippen molar-refractivity contribution in [3.63, 3.8) is 0 Å². The van der Waals surface area contributed by atoms with Crippen molar-refractivity contribution in [2.75, 3.05) is 13.1 Å². The Kier molecular flexibility index (Phi) is 6.05. The van der Waals surface area contributed by atoms with Gasteiger partial charge in [-0.2, -0.15) is 0 Å². The fourth-order valence-corrected chi connectivity index (χ4v) is 5.98. The van der Waals surface area contributed by atoms with E-state index in [0.29, 0.717) is 30.5 Å². The molecule has 1 unspecified atom stereocenters. The Morgan fingerprint density at radius 1 is 1.03 bits per heavy atom. The van der Waals surface area contributed by atoms with Crippen LogP contribution in [-0.4, -0.2) is 34.1 Å². The molecule has 3 aliphatic rings. The summed E-state index contributed by atoms with van der Waals surface area (Å²) in [6.07, 6.45) is 12.1. The van der Waals surface area contributed by atoms with Gasteiger partial charge in [-0.1, -0.05) is 62.3 Å². The van der Waals surface area contributed by atoms with Crippen LogP contribution in [0.5, 0.6) is 0 Å². The van der Waals surface area contributed by atoms with E-state index < -0.39 is 0 Å². The summed E-state index contributed by atoms with van der Waals surface area (Å²) in [4.78, 5) is 14.9. The Bertz CT molecular complexity index is 900. The molecule has 166 valence electrons. The minimum atomic E-state index is -0.192. The number of carbonyl (C=O) groups excluding carboxylic acids is 1. The number of aromatic nitrogens is 2. The number of benzene rings is 1. The van der Waals surface area contributed by atoms with Gasteiger partial charge in [0.2, 0.25) is 17.7 Å². The van der Waals surface area contributed by atoms with Crippen LogP contribution >= 0.6 is 11.6 Å². The summed E-state index contributed by atoms with van der Waals surface area (Å²) in [5.74, 6) is 3.02. The van der Waals surface area contributed by atoms with Crippen molar-refractivity contribution in [1.29, 1.82) is 0 Å². The SMILES string of the molecule is O=C(CCc1nnc(C2(c3ccc(Cl)cc3)CCC2)o1)N1CCC(C2CCCCC2)C1. The van der Waals surface area contributed by atoms with Crippen LogP contribution in [0.4, 0.5) is 0 Å². The van der Waals surface area contributed by atoms with Gasteiger partial charge in [-0.05, 0) is 48.8 Å². The number of likely N-dealkylation sites (tertiary alicyclic amines) is 1. The van der Waals surface area contributed by atoms with Gasteiger partial charge in [-0.25, -0.2) is 0 Å². The van der Waals surface area contributed by atoms with Crippen molar-refractivity contribution in [2.45, 2.75) is 76.0 Å². The molecule has 0 N–H and O–H groups in total. The summed E-state index contributed by atoms with van der Waals surface area (Å²) in [5, 5.41) is 9.40. The average Bonchev–Trinajstić information content (AvgIpc) is 3.44. The number of hydrogen-bond donors (Lipinski definition) is 0. The summed E-state index contributed by atoms with van der Waals surface area (Å²) in [6, 6.07) is 7.96. The number of carbonyl (C=O) groups is 1. The Balaban J connectivity index is 1.18. The Morgan fingerprint density at radius 3 is 2.52 bits per heavy atom. The third-order valence-electron chi connectivity index (χ3n) is 7.93. The van der Waals surface area contributed by atoms with Gasteiger partial charge in [0.05, 0.1) is 5.41 Å². The van der Waals surface area contributed by atoms with Crippen LogP contribution in [0.25, 0.3) is 0 Å². The van der Waals surface area contributed by atoms with Crippen LogP contribution in [0.2, 0.25) is 5.02 Å². The smallest absolute Gasteiger partial charge is 0.227 e. The first-order valence-corrected chi connectivity index (χ1v) is 12.4. The summed E-state index contributed by atoms with van der Waals surface area (Å²) < 4.78 is 6.08. The normalized spacial score (nSPS) is 23.6. The van der Waals surface area contributed by atoms with Gasteiger partial charge in [0.25, 0.3) is 0 Å². The summed E-state index contributed by atoms with van der Waals surface area (Å²) in [6.45, 7) is 1.85. The molecule has 2 aromatic rings. The second kappa shape index (κ2) is 8.93. The number of aryl methyl sites for hydroxylation is 1. The molecule has 2 saturated carbocycles. The van der Waals surface area contributed by atoms with Gasteiger partial charge in [-0.3, -0.25) is 4.79 Å². The van der Waals surface area contributed by atoms with Gasteiger partial charge >= 0.3 is 0 Å². The molecule has 1 aromatic carbocycles.